The molecular weight excluding hydrogens is 430 g/mol. The molecule has 2 heterocycles. The molecule has 0 saturated heterocycles. The number of fused-ring (bicyclic) bond motifs is 2. The Morgan fingerprint density at radius 1 is 1.25 bits per heavy atom. The quantitative estimate of drug-likeness (QED) is 0.555. The normalized spacial score (nSPS) is 16.6. The average molecular weight is 456 g/mol. The third-order valence-corrected chi connectivity index (χ3v) is 7.01. The maximum atomic E-state index is 13.0. The predicted molar refractivity (Wildman–Crippen MR) is 122 cm³/mol. The van der Waals surface area contributed by atoms with Gasteiger partial charge in [-0.1, -0.05) is 18.2 Å². The third-order valence-electron chi connectivity index (χ3n) is 5.74. The van der Waals surface area contributed by atoms with Crippen LogP contribution in [0.25, 0.3) is 10.9 Å². The molecule has 0 unspecified atom stereocenters. The minimum absolute atomic E-state index is 0.219. The molecule has 0 aliphatic carbocycles. The van der Waals surface area contributed by atoms with Crippen LogP contribution in [-0.2, 0) is 32.4 Å². The molecule has 9 heteroatoms. The van der Waals surface area contributed by atoms with Crippen molar-refractivity contribution in [2.24, 2.45) is 0 Å². The fourth-order valence-corrected chi connectivity index (χ4v) is 5.61. The minimum Gasteiger partial charge on any atom is -0.467 e. The second kappa shape index (κ2) is 8.31. The number of esters is 1. The predicted octanol–water partition coefficient (Wildman–Crippen LogP) is 2.39. The Hall–Kier alpha value is -3.33. The van der Waals surface area contributed by atoms with E-state index >= 15 is 0 Å². The Kier molecular flexibility index (Phi) is 5.68. The van der Waals surface area contributed by atoms with Gasteiger partial charge in [0.05, 0.1) is 19.1 Å². The van der Waals surface area contributed by atoms with Gasteiger partial charge in [-0.15, -0.1) is 0 Å². The summed E-state index contributed by atoms with van der Waals surface area (Å²) in [6, 6.07) is 11.5. The van der Waals surface area contributed by atoms with Gasteiger partial charge >= 0.3 is 5.97 Å². The summed E-state index contributed by atoms with van der Waals surface area (Å²) in [6.45, 7) is 1.83. The van der Waals surface area contributed by atoms with Crippen molar-refractivity contribution >= 4 is 38.5 Å². The van der Waals surface area contributed by atoms with Crippen molar-refractivity contribution in [1.82, 2.24) is 10.3 Å². The molecule has 168 valence electrons. The van der Waals surface area contributed by atoms with E-state index in [1.54, 1.807) is 18.2 Å². The van der Waals surface area contributed by atoms with E-state index in [2.05, 4.69) is 10.3 Å². The number of anilines is 1. The highest BCUT2D eigenvalue weighted by Gasteiger charge is 2.33. The molecule has 0 saturated carbocycles. The molecule has 1 aliphatic heterocycles. The Bertz CT molecular complexity index is 1300. The average Bonchev–Trinajstić information content (AvgIpc) is 3.31. The summed E-state index contributed by atoms with van der Waals surface area (Å²) in [5.74, 6) is -0.963. The molecule has 0 bridgehead atoms. The molecule has 32 heavy (non-hydrogen) atoms. The highest BCUT2D eigenvalue weighted by atomic mass is 32.2. The standard InChI is InChI=1S/C23H25N3O5S/c1-14-10-16-11-15(8-9-21(16)26(14)32(3,29)30)22(27)25-20(23(28)31-2)12-17-13-24-19-7-5-4-6-18(17)19/h4-9,11,13-14,20,24H,10,12H2,1-3H3,(H,25,27)/t14-,20-/m0/s1. The van der Waals surface area contributed by atoms with Crippen LogP contribution in [0.5, 0.6) is 0 Å². The first kappa shape index (κ1) is 21.9. The molecule has 1 aliphatic rings. The summed E-state index contributed by atoms with van der Waals surface area (Å²) in [5.41, 5.74) is 3.56. The van der Waals surface area contributed by atoms with E-state index in [4.69, 9.17) is 4.74 Å². The smallest absolute Gasteiger partial charge is 0.328 e. The molecule has 2 N–H and O–H groups in total. The van der Waals surface area contributed by atoms with Crippen LogP contribution in [0, 0.1) is 0 Å². The molecule has 1 aromatic heterocycles. The number of methoxy groups -OCH3 is 1. The van der Waals surface area contributed by atoms with E-state index in [9.17, 15) is 18.0 Å². The second-order valence-corrected chi connectivity index (χ2v) is 9.93. The van der Waals surface area contributed by atoms with E-state index < -0.39 is 27.9 Å². The van der Waals surface area contributed by atoms with Crippen LogP contribution >= 0.6 is 0 Å². The van der Waals surface area contributed by atoms with E-state index in [-0.39, 0.29) is 12.5 Å². The van der Waals surface area contributed by atoms with Gasteiger partial charge in [0.1, 0.15) is 6.04 Å². The van der Waals surface area contributed by atoms with E-state index in [1.165, 1.54) is 17.7 Å². The Morgan fingerprint density at radius 3 is 2.72 bits per heavy atom. The molecule has 2 aromatic carbocycles. The minimum atomic E-state index is -3.41. The number of hydrogen-bond donors (Lipinski definition) is 2. The monoisotopic (exact) mass is 455 g/mol. The molecule has 2 atom stereocenters. The molecular formula is C23H25N3O5S. The van der Waals surface area contributed by atoms with Crippen LogP contribution in [-0.4, -0.2) is 50.7 Å². The van der Waals surface area contributed by atoms with Gasteiger partial charge in [-0.25, -0.2) is 13.2 Å². The zero-order valence-electron chi connectivity index (χ0n) is 18.1. The lowest BCUT2D eigenvalue weighted by atomic mass is 10.0. The summed E-state index contributed by atoms with van der Waals surface area (Å²) in [5, 5.41) is 3.75. The highest BCUT2D eigenvalue weighted by Crippen LogP contribution is 2.34. The van der Waals surface area contributed by atoms with Gasteiger partial charge in [0.2, 0.25) is 10.0 Å². The molecule has 3 aromatic rings. The molecule has 1 amide bonds. The SMILES string of the molecule is COC(=O)[C@H](Cc1c[nH]c2ccccc12)NC(=O)c1ccc2c(c1)C[C@H](C)N2S(C)(=O)=O. The number of ether oxygens (including phenoxy) is 1. The fourth-order valence-electron chi connectivity index (χ4n) is 4.35. The molecule has 4 rings (SSSR count). The number of sulfonamides is 1. The number of para-hydroxylation sites is 1. The Morgan fingerprint density at radius 2 is 2.00 bits per heavy atom. The highest BCUT2D eigenvalue weighted by molar-refractivity contribution is 7.92. The lowest BCUT2D eigenvalue weighted by Crippen LogP contribution is -2.43. The summed E-state index contributed by atoms with van der Waals surface area (Å²) in [6.07, 6.45) is 3.78. The zero-order chi connectivity index (χ0) is 23.0. The van der Waals surface area contributed by atoms with E-state index in [1.807, 2.05) is 37.4 Å². The fraction of sp³-hybridized carbons (Fsp3) is 0.304. The maximum Gasteiger partial charge on any atom is 0.328 e. The summed E-state index contributed by atoms with van der Waals surface area (Å²) in [7, 11) is -2.13. The molecule has 0 radical (unpaired) electrons. The number of H-pyrrole nitrogens is 1. The maximum absolute atomic E-state index is 13.0. The first-order valence-electron chi connectivity index (χ1n) is 10.2. The van der Waals surface area contributed by atoms with Gasteiger partial charge in [0, 0.05) is 35.1 Å². The van der Waals surface area contributed by atoms with Gasteiger partial charge in [-0.2, -0.15) is 0 Å². The van der Waals surface area contributed by atoms with E-state index in [0.29, 0.717) is 17.7 Å². The van der Waals surface area contributed by atoms with Crippen LogP contribution in [0.3, 0.4) is 0 Å². The largest absolute Gasteiger partial charge is 0.467 e. The molecule has 0 fully saturated rings. The summed E-state index contributed by atoms with van der Waals surface area (Å²) >= 11 is 0. The van der Waals surface area contributed by atoms with Crippen LogP contribution in [0.1, 0.15) is 28.4 Å². The Balaban J connectivity index is 1.57. The number of benzene rings is 2. The van der Waals surface area contributed by atoms with Crippen molar-refractivity contribution in [3.05, 3.63) is 65.4 Å². The summed E-state index contributed by atoms with van der Waals surface area (Å²) in [4.78, 5) is 28.5. The van der Waals surface area contributed by atoms with Crippen LogP contribution in [0.2, 0.25) is 0 Å². The lowest BCUT2D eigenvalue weighted by Gasteiger charge is -2.22. The Labute approximate surface area is 186 Å². The van der Waals surface area contributed by atoms with Gasteiger partial charge < -0.3 is 15.0 Å². The van der Waals surface area contributed by atoms with Crippen molar-refractivity contribution < 1.29 is 22.7 Å². The second-order valence-electron chi connectivity index (χ2n) is 8.07. The van der Waals surface area contributed by atoms with E-state index in [0.717, 1.165) is 22.0 Å². The van der Waals surface area contributed by atoms with Crippen molar-refractivity contribution in [1.29, 1.82) is 0 Å². The van der Waals surface area contributed by atoms with Gasteiger partial charge in [0.25, 0.3) is 5.91 Å². The van der Waals surface area contributed by atoms with Crippen molar-refractivity contribution in [3.63, 3.8) is 0 Å². The summed E-state index contributed by atoms with van der Waals surface area (Å²) < 4.78 is 30.5. The van der Waals surface area contributed by atoms with Crippen LogP contribution in [0.4, 0.5) is 5.69 Å². The number of nitrogens with zero attached hydrogens (tertiary/aromatic N) is 1. The van der Waals surface area contributed by atoms with Gasteiger partial charge in [0.15, 0.2) is 0 Å². The first-order chi connectivity index (χ1) is 15.2. The molecule has 8 nitrogen and oxygen atoms in total. The van der Waals surface area contributed by atoms with Gasteiger partial charge in [-0.05, 0) is 48.7 Å². The van der Waals surface area contributed by atoms with Crippen LogP contribution < -0.4 is 9.62 Å². The number of aromatic nitrogens is 1. The number of hydrogen-bond acceptors (Lipinski definition) is 5. The number of amides is 1. The first-order valence-corrected chi connectivity index (χ1v) is 12.1. The van der Waals surface area contributed by atoms with Crippen molar-refractivity contribution in [2.45, 2.75) is 31.8 Å². The number of carbonyl (C=O) groups is 2. The number of rotatable bonds is 6. The lowest BCUT2D eigenvalue weighted by molar-refractivity contribution is -0.142. The number of carbonyl (C=O) groups excluding carboxylic acids is 2. The number of aromatic amines is 1. The van der Waals surface area contributed by atoms with Crippen molar-refractivity contribution in [3.8, 4) is 0 Å². The number of nitrogens with one attached hydrogen (secondary N) is 2. The molecule has 0 spiro atoms. The third kappa shape index (κ3) is 4.08. The van der Waals surface area contributed by atoms with Crippen molar-refractivity contribution in [2.75, 3.05) is 17.7 Å². The zero-order valence-corrected chi connectivity index (χ0v) is 18.9. The topological polar surface area (TPSA) is 109 Å². The van der Waals surface area contributed by atoms with Crippen LogP contribution in [0.15, 0.2) is 48.7 Å². The van der Waals surface area contributed by atoms with Gasteiger partial charge in [-0.3, -0.25) is 9.10 Å².